The zero-order chi connectivity index (χ0) is 16.9. The van der Waals surface area contributed by atoms with Gasteiger partial charge in [0.2, 0.25) is 11.7 Å². The van der Waals surface area contributed by atoms with Crippen molar-refractivity contribution in [2.24, 2.45) is 0 Å². The quantitative estimate of drug-likeness (QED) is 0.686. The summed E-state index contributed by atoms with van der Waals surface area (Å²) in [5.74, 6) is 2.28. The van der Waals surface area contributed by atoms with Crippen molar-refractivity contribution in [1.82, 2.24) is 10.1 Å². The minimum atomic E-state index is -1.10. The van der Waals surface area contributed by atoms with Crippen LogP contribution in [0.5, 0.6) is 5.75 Å². The SMILES string of the molecule is COc1cccc(-c2noc(CS(=O)Cc3ccc(C)cc3)n2)c1. The Morgan fingerprint density at radius 3 is 2.67 bits per heavy atom. The average Bonchev–Trinajstić information content (AvgIpc) is 3.05. The number of hydrogen-bond donors (Lipinski definition) is 0. The molecular weight excluding hydrogens is 324 g/mol. The first kappa shape index (κ1) is 16.4. The summed E-state index contributed by atoms with van der Waals surface area (Å²) in [6, 6.07) is 15.4. The fraction of sp³-hybridized carbons (Fsp3) is 0.222. The van der Waals surface area contributed by atoms with Crippen molar-refractivity contribution in [3.8, 4) is 17.1 Å². The largest absolute Gasteiger partial charge is 0.497 e. The summed E-state index contributed by atoms with van der Waals surface area (Å²) in [6.07, 6.45) is 0. The molecule has 0 aliphatic carbocycles. The second kappa shape index (κ2) is 7.40. The van der Waals surface area contributed by atoms with Gasteiger partial charge in [0.15, 0.2) is 0 Å². The zero-order valence-corrected chi connectivity index (χ0v) is 14.4. The van der Waals surface area contributed by atoms with E-state index in [9.17, 15) is 4.21 Å². The minimum absolute atomic E-state index is 0.241. The third-order valence-corrected chi connectivity index (χ3v) is 4.75. The maximum atomic E-state index is 12.3. The van der Waals surface area contributed by atoms with E-state index in [1.807, 2.05) is 55.5 Å². The predicted molar refractivity (Wildman–Crippen MR) is 93.0 cm³/mol. The molecule has 2 aromatic carbocycles. The highest BCUT2D eigenvalue weighted by Crippen LogP contribution is 2.21. The molecule has 0 amide bonds. The van der Waals surface area contributed by atoms with Gasteiger partial charge in [0.25, 0.3) is 0 Å². The molecule has 1 aromatic heterocycles. The molecule has 3 aromatic rings. The first-order chi connectivity index (χ1) is 11.6. The van der Waals surface area contributed by atoms with Gasteiger partial charge in [0, 0.05) is 22.1 Å². The third kappa shape index (κ3) is 4.08. The summed E-state index contributed by atoms with van der Waals surface area (Å²) in [4.78, 5) is 4.33. The van der Waals surface area contributed by atoms with Crippen molar-refractivity contribution in [2.75, 3.05) is 7.11 Å². The molecule has 0 bridgehead atoms. The summed E-state index contributed by atoms with van der Waals surface area (Å²) < 4.78 is 22.7. The highest BCUT2D eigenvalue weighted by atomic mass is 32.2. The lowest BCUT2D eigenvalue weighted by Gasteiger charge is -2.01. The Morgan fingerprint density at radius 1 is 1.12 bits per heavy atom. The maximum absolute atomic E-state index is 12.3. The molecule has 0 aliphatic heterocycles. The van der Waals surface area contributed by atoms with Crippen LogP contribution in [0.1, 0.15) is 17.0 Å². The van der Waals surface area contributed by atoms with Crippen LogP contribution in [0.2, 0.25) is 0 Å². The number of aromatic nitrogens is 2. The lowest BCUT2D eigenvalue weighted by molar-refractivity contribution is 0.390. The van der Waals surface area contributed by atoms with Crippen molar-refractivity contribution >= 4 is 10.8 Å². The lowest BCUT2D eigenvalue weighted by atomic mass is 10.2. The number of ether oxygens (including phenoxy) is 1. The molecule has 1 heterocycles. The Kier molecular flexibility index (Phi) is 5.05. The van der Waals surface area contributed by atoms with Crippen LogP contribution in [0.3, 0.4) is 0 Å². The maximum Gasteiger partial charge on any atom is 0.239 e. The summed E-state index contributed by atoms with van der Waals surface area (Å²) >= 11 is 0. The Labute approximate surface area is 143 Å². The van der Waals surface area contributed by atoms with Gasteiger partial charge in [-0.3, -0.25) is 4.21 Å². The number of benzene rings is 2. The molecule has 0 saturated heterocycles. The van der Waals surface area contributed by atoms with Crippen LogP contribution in [0.15, 0.2) is 53.1 Å². The van der Waals surface area contributed by atoms with E-state index in [4.69, 9.17) is 9.26 Å². The van der Waals surface area contributed by atoms with E-state index in [-0.39, 0.29) is 5.75 Å². The van der Waals surface area contributed by atoms with E-state index in [1.165, 1.54) is 5.56 Å². The molecule has 5 nitrogen and oxygen atoms in total. The van der Waals surface area contributed by atoms with E-state index < -0.39 is 10.8 Å². The number of hydrogen-bond acceptors (Lipinski definition) is 5. The molecule has 1 unspecified atom stereocenters. The molecule has 1 atom stereocenters. The Hall–Kier alpha value is -2.47. The molecule has 24 heavy (non-hydrogen) atoms. The molecule has 3 rings (SSSR count). The predicted octanol–water partition coefficient (Wildman–Crippen LogP) is 3.50. The monoisotopic (exact) mass is 342 g/mol. The summed E-state index contributed by atoms with van der Waals surface area (Å²) in [5, 5.41) is 3.96. The first-order valence-electron chi connectivity index (χ1n) is 7.51. The average molecular weight is 342 g/mol. The molecular formula is C18H18N2O3S. The van der Waals surface area contributed by atoms with Gasteiger partial charge in [0.05, 0.1) is 7.11 Å². The van der Waals surface area contributed by atoms with Crippen molar-refractivity contribution in [3.05, 3.63) is 65.5 Å². The molecule has 0 radical (unpaired) electrons. The molecule has 0 aliphatic rings. The number of methoxy groups -OCH3 is 1. The van der Waals surface area contributed by atoms with Gasteiger partial charge in [0.1, 0.15) is 11.5 Å². The fourth-order valence-corrected chi connectivity index (χ4v) is 3.31. The fourth-order valence-electron chi connectivity index (χ4n) is 2.25. The highest BCUT2D eigenvalue weighted by molar-refractivity contribution is 7.83. The summed E-state index contributed by atoms with van der Waals surface area (Å²) in [6.45, 7) is 2.03. The second-order valence-corrected chi connectivity index (χ2v) is 6.91. The van der Waals surface area contributed by atoms with E-state index in [0.29, 0.717) is 17.5 Å². The molecule has 0 N–H and O–H groups in total. The van der Waals surface area contributed by atoms with E-state index in [2.05, 4.69) is 10.1 Å². The number of aryl methyl sites for hydroxylation is 1. The van der Waals surface area contributed by atoms with Crippen LogP contribution in [0.4, 0.5) is 0 Å². The van der Waals surface area contributed by atoms with Gasteiger partial charge in [-0.25, -0.2) is 0 Å². The highest BCUT2D eigenvalue weighted by Gasteiger charge is 2.12. The lowest BCUT2D eigenvalue weighted by Crippen LogP contribution is -2.00. The normalized spacial score (nSPS) is 12.1. The van der Waals surface area contributed by atoms with Crippen LogP contribution in [-0.2, 0) is 22.3 Å². The van der Waals surface area contributed by atoms with Gasteiger partial charge in [-0.2, -0.15) is 4.98 Å². The molecule has 124 valence electrons. The molecule has 0 saturated carbocycles. The second-order valence-electron chi connectivity index (χ2n) is 5.46. The van der Waals surface area contributed by atoms with Crippen molar-refractivity contribution < 1.29 is 13.5 Å². The van der Waals surface area contributed by atoms with E-state index in [0.717, 1.165) is 16.9 Å². The van der Waals surface area contributed by atoms with Crippen LogP contribution < -0.4 is 4.74 Å². The minimum Gasteiger partial charge on any atom is -0.497 e. The zero-order valence-electron chi connectivity index (χ0n) is 13.6. The third-order valence-electron chi connectivity index (χ3n) is 3.53. The Morgan fingerprint density at radius 2 is 1.92 bits per heavy atom. The van der Waals surface area contributed by atoms with Crippen LogP contribution in [0, 0.1) is 6.92 Å². The first-order valence-corrected chi connectivity index (χ1v) is 9.00. The van der Waals surface area contributed by atoms with Gasteiger partial charge in [-0.15, -0.1) is 0 Å². The summed E-state index contributed by atoms with van der Waals surface area (Å²) in [5.41, 5.74) is 3.02. The molecule has 0 spiro atoms. The van der Waals surface area contributed by atoms with Crippen molar-refractivity contribution in [1.29, 1.82) is 0 Å². The van der Waals surface area contributed by atoms with Gasteiger partial charge in [-0.1, -0.05) is 47.1 Å². The van der Waals surface area contributed by atoms with Crippen LogP contribution >= 0.6 is 0 Å². The summed E-state index contributed by atoms with van der Waals surface area (Å²) in [7, 11) is 0.508. The Bertz CT molecular complexity index is 843. The van der Waals surface area contributed by atoms with Crippen molar-refractivity contribution in [3.63, 3.8) is 0 Å². The van der Waals surface area contributed by atoms with Gasteiger partial charge >= 0.3 is 0 Å². The van der Waals surface area contributed by atoms with Gasteiger partial charge < -0.3 is 9.26 Å². The molecule has 6 heteroatoms. The number of rotatable bonds is 6. The number of nitrogens with zero attached hydrogens (tertiary/aromatic N) is 2. The van der Waals surface area contributed by atoms with E-state index in [1.54, 1.807) is 7.11 Å². The Balaban J connectivity index is 1.67. The van der Waals surface area contributed by atoms with Crippen molar-refractivity contribution in [2.45, 2.75) is 18.4 Å². The van der Waals surface area contributed by atoms with E-state index >= 15 is 0 Å². The van der Waals surface area contributed by atoms with Crippen LogP contribution in [0.25, 0.3) is 11.4 Å². The van der Waals surface area contributed by atoms with Crippen LogP contribution in [-0.4, -0.2) is 21.5 Å². The van der Waals surface area contributed by atoms with Gasteiger partial charge in [-0.05, 0) is 24.6 Å². The standard InChI is InChI=1S/C18H18N2O3S/c1-13-6-8-14(9-7-13)11-24(21)12-17-19-18(20-23-17)15-4-3-5-16(10-15)22-2/h3-10H,11-12H2,1-2H3. The molecule has 0 fully saturated rings. The smallest absolute Gasteiger partial charge is 0.239 e. The topological polar surface area (TPSA) is 65.2 Å².